The molecule has 3 rings (SSSR count). The van der Waals surface area contributed by atoms with Crippen LogP contribution in [-0.4, -0.2) is 25.8 Å². The number of thiophene rings is 1. The van der Waals surface area contributed by atoms with E-state index in [4.69, 9.17) is 4.52 Å². The average molecular weight is 373 g/mol. The fourth-order valence-electron chi connectivity index (χ4n) is 2.66. The van der Waals surface area contributed by atoms with Gasteiger partial charge in [-0.2, -0.15) is 10.1 Å². The average Bonchev–Trinajstić information content (AvgIpc) is 3.33. The van der Waals surface area contributed by atoms with Gasteiger partial charge in [-0.15, -0.1) is 11.3 Å². The molecular formula is C18H23N5O2S. The zero-order valence-corrected chi connectivity index (χ0v) is 16.0. The van der Waals surface area contributed by atoms with Crippen LogP contribution in [0.1, 0.15) is 53.5 Å². The van der Waals surface area contributed by atoms with Gasteiger partial charge in [-0.3, -0.25) is 9.48 Å². The zero-order valence-electron chi connectivity index (χ0n) is 15.2. The van der Waals surface area contributed by atoms with E-state index in [1.165, 1.54) is 4.88 Å². The van der Waals surface area contributed by atoms with Gasteiger partial charge in [0, 0.05) is 17.8 Å². The first-order chi connectivity index (χ1) is 12.5. The third-order valence-electron chi connectivity index (χ3n) is 3.80. The Bertz CT molecular complexity index is 851. The molecule has 3 heterocycles. The minimum Gasteiger partial charge on any atom is -0.342 e. The van der Waals surface area contributed by atoms with Crippen molar-refractivity contribution in [3.63, 3.8) is 0 Å². The molecule has 8 heteroatoms. The fourth-order valence-corrected chi connectivity index (χ4v) is 3.36. The van der Waals surface area contributed by atoms with Crippen LogP contribution >= 0.6 is 11.3 Å². The van der Waals surface area contributed by atoms with Crippen molar-refractivity contribution < 1.29 is 9.32 Å². The lowest BCUT2D eigenvalue weighted by Gasteiger charge is -2.04. The molecular weight excluding hydrogens is 350 g/mol. The van der Waals surface area contributed by atoms with Crippen LogP contribution in [0.4, 0.5) is 0 Å². The van der Waals surface area contributed by atoms with E-state index >= 15 is 0 Å². The summed E-state index contributed by atoms with van der Waals surface area (Å²) in [5.41, 5.74) is 1.49. The Hall–Kier alpha value is -2.48. The SMILES string of the molecule is CCn1nc(CC(C)C)cc1C(=O)NCc1nc(Cc2cccs2)no1. The number of carbonyl (C=O) groups is 1. The third kappa shape index (κ3) is 4.57. The molecule has 3 aromatic rings. The second-order valence-corrected chi connectivity index (χ2v) is 7.51. The largest absolute Gasteiger partial charge is 0.342 e. The third-order valence-corrected chi connectivity index (χ3v) is 4.68. The van der Waals surface area contributed by atoms with E-state index < -0.39 is 0 Å². The second-order valence-electron chi connectivity index (χ2n) is 6.48. The second kappa shape index (κ2) is 8.27. The smallest absolute Gasteiger partial charge is 0.269 e. The van der Waals surface area contributed by atoms with E-state index in [1.807, 2.05) is 30.5 Å². The first-order valence-corrected chi connectivity index (χ1v) is 9.62. The van der Waals surface area contributed by atoms with Gasteiger partial charge in [0.05, 0.1) is 12.2 Å². The molecule has 0 spiro atoms. The van der Waals surface area contributed by atoms with Gasteiger partial charge in [-0.1, -0.05) is 25.1 Å². The topological polar surface area (TPSA) is 85.8 Å². The number of hydrogen-bond acceptors (Lipinski definition) is 6. The van der Waals surface area contributed by atoms with Crippen LogP contribution in [0.2, 0.25) is 0 Å². The Morgan fingerprint density at radius 1 is 1.42 bits per heavy atom. The van der Waals surface area contributed by atoms with E-state index in [1.54, 1.807) is 16.0 Å². The van der Waals surface area contributed by atoms with Crippen molar-refractivity contribution in [1.82, 2.24) is 25.2 Å². The van der Waals surface area contributed by atoms with E-state index in [0.717, 1.165) is 12.1 Å². The summed E-state index contributed by atoms with van der Waals surface area (Å²) >= 11 is 1.65. The lowest BCUT2D eigenvalue weighted by atomic mass is 10.1. The molecule has 0 aliphatic heterocycles. The van der Waals surface area contributed by atoms with Crippen molar-refractivity contribution >= 4 is 17.2 Å². The van der Waals surface area contributed by atoms with Gasteiger partial charge in [0.1, 0.15) is 5.69 Å². The molecule has 7 nitrogen and oxygen atoms in total. The summed E-state index contributed by atoms with van der Waals surface area (Å²) in [4.78, 5) is 18.0. The van der Waals surface area contributed by atoms with Crippen LogP contribution in [0.3, 0.4) is 0 Å². The van der Waals surface area contributed by atoms with Crippen molar-refractivity contribution in [2.24, 2.45) is 5.92 Å². The first-order valence-electron chi connectivity index (χ1n) is 8.74. The van der Waals surface area contributed by atoms with Gasteiger partial charge in [-0.25, -0.2) is 0 Å². The lowest BCUT2D eigenvalue weighted by Crippen LogP contribution is -2.25. The molecule has 0 bridgehead atoms. The van der Waals surface area contributed by atoms with Gasteiger partial charge < -0.3 is 9.84 Å². The van der Waals surface area contributed by atoms with Crippen molar-refractivity contribution in [3.05, 3.63) is 51.6 Å². The highest BCUT2D eigenvalue weighted by Gasteiger charge is 2.16. The van der Waals surface area contributed by atoms with Crippen molar-refractivity contribution in [3.8, 4) is 0 Å². The predicted molar refractivity (Wildman–Crippen MR) is 99.0 cm³/mol. The normalized spacial score (nSPS) is 11.2. The van der Waals surface area contributed by atoms with Gasteiger partial charge in [0.2, 0.25) is 5.89 Å². The molecule has 0 radical (unpaired) electrons. The highest BCUT2D eigenvalue weighted by Crippen LogP contribution is 2.13. The van der Waals surface area contributed by atoms with Crippen LogP contribution in [-0.2, 0) is 25.9 Å². The van der Waals surface area contributed by atoms with Crippen molar-refractivity contribution in [2.75, 3.05) is 0 Å². The summed E-state index contributed by atoms with van der Waals surface area (Å²) in [6.45, 7) is 7.08. The number of nitrogens with one attached hydrogen (secondary N) is 1. The minimum absolute atomic E-state index is 0.188. The molecule has 0 unspecified atom stereocenters. The molecule has 0 saturated heterocycles. The van der Waals surface area contributed by atoms with Crippen molar-refractivity contribution in [2.45, 2.75) is 46.7 Å². The molecule has 3 aromatic heterocycles. The van der Waals surface area contributed by atoms with Crippen LogP contribution in [0, 0.1) is 5.92 Å². The Kier molecular flexibility index (Phi) is 5.82. The van der Waals surface area contributed by atoms with Gasteiger partial charge in [0.15, 0.2) is 5.82 Å². The number of aromatic nitrogens is 4. The summed E-state index contributed by atoms with van der Waals surface area (Å²) in [7, 11) is 0. The highest BCUT2D eigenvalue weighted by molar-refractivity contribution is 7.09. The van der Waals surface area contributed by atoms with Crippen LogP contribution in [0.5, 0.6) is 0 Å². The molecule has 0 saturated carbocycles. The maximum absolute atomic E-state index is 12.5. The number of carbonyl (C=O) groups excluding carboxylic acids is 1. The Morgan fingerprint density at radius 3 is 2.96 bits per heavy atom. The fraction of sp³-hybridized carbons (Fsp3) is 0.444. The molecule has 0 fully saturated rings. The Balaban J connectivity index is 1.60. The monoisotopic (exact) mass is 373 g/mol. The quantitative estimate of drug-likeness (QED) is 0.656. The van der Waals surface area contributed by atoms with Crippen LogP contribution in [0.25, 0.3) is 0 Å². The Morgan fingerprint density at radius 2 is 2.27 bits per heavy atom. The molecule has 26 heavy (non-hydrogen) atoms. The molecule has 1 amide bonds. The molecule has 0 aliphatic rings. The molecule has 0 atom stereocenters. The first kappa shape index (κ1) is 18.3. The Labute approximate surface area is 156 Å². The lowest BCUT2D eigenvalue weighted by molar-refractivity contribution is 0.0935. The summed E-state index contributed by atoms with van der Waals surface area (Å²) in [6, 6.07) is 5.88. The van der Waals surface area contributed by atoms with Gasteiger partial charge in [0.25, 0.3) is 5.91 Å². The van der Waals surface area contributed by atoms with Crippen LogP contribution < -0.4 is 5.32 Å². The number of aryl methyl sites for hydroxylation is 1. The molecule has 0 aromatic carbocycles. The maximum Gasteiger partial charge on any atom is 0.269 e. The number of hydrogen-bond donors (Lipinski definition) is 1. The molecule has 1 N–H and O–H groups in total. The highest BCUT2D eigenvalue weighted by atomic mass is 32.1. The van der Waals surface area contributed by atoms with E-state index in [-0.39, 0.29) is 12.5 Å². The standard InChI is InChI=1S/C18H23N5O2S/c1-4-23-15(9-13(21-23)8-12(2)3)18(24)19-11-17-20-16(22-25-17)10-14-6-5-7-26-14/h5-7,9,12H,4,8,10-11H2,1-3H3,(H,19,24). The maximum atomic E-state index is 12.5. The van der Waals surface area contributed by atoms with E-state index in [9.17, 15) is 4.79 Å². The summed E-state index contributed by atoms with van der Waals surface area (Å²) < 4.78 is 6.95. The van der Waals surface area contributed by atoms with Gasteiger partial charge in [-0.05, 0) is 36.8 Å². The predicted octanol–water partition coefficient (Wildman–Crippen LogP) is 3.07. The van der Waals surface area contributed by atoms with E-state index in [2.05, 4.69) is 34.4 Å². The summed E-state index contributed by atoms with van der Waals surface area (Å²) in [6.07, 6.45) is 1.49. The minimum atomic E-state index is -0.188. The van der Waals surface area contributed by atoms with E-state index in [0.29, 0.717) is 36.3 Å². The summed E-state index contributed by atoms with van der Waals surface area (Å²) in [5, 5.41) is 13.3. The van der Waals surface area contributed by atoms with Crippen LogP contribution in [0.15, 0.2) is 28.1 Å². The zero-order chi connectivity index (χ0) is 18.5. The summed E-state index contributed by atoms with van der Waals surface area (Å²) in [5.74, 6) is 1.32. The molecule has 0 aliphatic carbocycles. The molecule has 138 valence electrons. The number of amides is 1. The number of rotatable bonds is 8. The van der Waals surface area contributed by atoms with Crippen molar-refractivity contribution in [1.29, 1.82) is 0 Å². The number of nitrogens with zero attached hydrogens (tertiary/aromatic N) is 4. The van der Waals surface area contributed by atoms with Gasteiger partial charge >= 0.3 is 0 Å².